The van der Waals surface area contributed by atoms with E-state index in [4.69, 9.17) is 10.5 Å². The fourth-order valence-corrected chi connectivity index (χ4v) is 3.34. The van der Waals surface area contributed by atoms with Crippen LogP contribution in [0.4, 0.5) is 0 Å². The first-order valence-electron chi connectivity index (χ1n) is 6.99. The first kappa shape index (κ1) is 14.6. The Morgan fingerprint density at radius 2 is 2.00 bits per heavy atom. The van der Waals surface area contributed by atoms with Gasteiger partial charge in [-0.15, -0.1) is 11.3 Å². The van der Waals surface area contributed by atoms with E-state index < -0.39 is 5.91 Å². The van der Waals surface area contributed by atoms with E-state index in [0.717, 1.165) is 13.0 Å². The molecule has 0 radical (unpaired) electrons. The van der Waals surface area contributed by atoms with Crippen molar-refractivity contribution < 1.29 is 14.3 Å². The number of nitrogens with two attached hydrogens (primary N) is 1. The van der Waals surface area contributed by atoms with Crippen LogP contribution in [0.1, 0.15) is 20.8 Å². The molecule has 1 aromatic heterocycles. The van der Waals surface area contributed by atoms with Crippen molar-refractivity contribution in [2.24, 2.45) is 5.73 Å². The number of ether oxygens (including phenoxy) is 1. The van der Waals surface area contributed by atoms with Crippen molar-refractivity contribution in [2.75, 3.05) is 13.2 Å². The number of rotatable bonds is 4. The van der Waals surface area contributed by atoms with E-state index in [1.54, 1.807) is 35.6 Å². The molecule has 0 saturated carbocycles. The van der Waals surface area contributed by atoms with Crippen molar-refractivity contribution in [2.45, 2.75) is 13.0 Å². The molecule has 0 bridgehead atoms. The van der Waals surface area contributed by atoms with Crippen LogP contribution in [0.25, 0.3) is 0 Å². The molecular weight excluding hydrogens is 300 g/mol. The number of hydrogen-bond acceptors (Lipinski definition) is 4. The van der Waals surface area contributed by atoms with Crippen LogP contribution in [-0.4, -0.2) is 29.9 Å². The van der Waals surface area contributed by atoms with E-state index in [9.17, 15) is 9.59 Å². The smallest absolute Gasteiger partial charge is 0.255 e. The number of fused-ring (bicyclic) bond motifs is 1. The van der Waals surface area contributed by atoms with Crippen LogP contribution < -0.4 is 10.5 Å². The second-order valence-corrected chi connectivity index (χ2v) is 6.13. The highest BCUT2D eigenvalue weighted by Crippen LogP contribution is 2.25. The van der Waals surface area contributed by atoms with Crippen LogP contribution in [-0.2, 0) is 17.8 Å². The molecular formula is C16H16N2O3S. The minimum Gasteiger partial charge on any atom is -0.484 e. The highest BCUT2D eigenvalue weighted by atomic mass is 32.1. The molecule has 22 heavy (non-hydrogen) atoms. The molecule has 3 rings (SSSR count). The maximum absolute atomic E-state index is 12.5. The van der Waals surface area contributed by atoms with Crippen LogP contribution in [0.5, 0.6) is 5.75 Å². The lowest BCUT2D eigenvalue weighted by Gasteiger charge is -2.27. The fourth-order valence-electron chi connectivity index (χ4n) is 2.45. The van der Waals surface area contributed by atoms with Gasteiger partial charge < -0.3 is 15.4 Å². The quantitative estimate of drug-likeness (QED) is 0.935. The fraction of sp³-hybridized carbons (Fsp3) is 0.250. The van der Waals surface area contributed by atoms with Gasteiger partial charge in [-0.3, -0.25) is 9.59 Å². The van der Waals surface area contributed by atoms with Gasteiger partial charge in [0.2, 0.25) is 0 Å². The number of nitrogens with zero attached hydrogens (tertiary/aromatic N) is 1. The second-order valence-electron chi connectivity index (χ2n) is 5.13. The standard InChI is InChI=1S/C16H16N2O3S/c17-15(19)10-21-13-3-1-11(2-4-13)16(20)18-7-5-14-12(9-18)6-8-22-14/h1-4,6,8H,5,7,9-10H2,(H2,17,19). The van der Waals surface area contributed by atoms with E-state index in [1.165, 1.54) is 10.4 Å². The summed E-state index contributed by atoms with van der Waals surface area (Å²) in [4.78, 5) is 26.4. The molecule has 0 unspecified atom stereocenters. The summed E-state index contributed by atoms with van der Waals surface area (Å²) in [7, 11) is 0. The lowest BCUT2D eigenvalue weighted by atomic mass is 10.1. The maximum Gasteiger partial charge on any atom is 0.255 e. The van der Waals surface area contributed by atoms with E-state index in [2.05, 4.69) is 11.4 Å². The molecule has 2 heterocycles. The molecule has 6 heteroatoms. The van der Waals surface area contributed by atoms with E-state index in [0.29, 0.717) is 17.9 Å². The number of hydrogen-bond donors (Lipinski definition) is 1. The number of carbonyl (C=O) groups excluding carboxylic acids is 2. The summed E-state index contributed by atoms with van der Waals surface area (Å²) in [6, 6.07) is 8.86. The second kappa shape index (κ2) is 6.19. The third kappa shape index (κ3) is 3.12. The van der Waals surface area contributed by atoms with Gasteiger partial charge in [0.05, 0.1) is 0 Å². The summed E-state index contributed by atoms with van der Waals surface area (Å²) in [6.45, 7) is 1.24. The van der Waals surface area contributed by atoms with Crippen molar-refractivity contribution in [3.8, 4) is 5.75 Å². The Labute approximate surface area is 132 Å². The summed E-state index contributed by atoms with van der Waals surface area (Å²) in [6.07, 6.45) is 0.915. The number of amides is 2. The first-order valence-corrected chi connectivity index (χ1v) is 7.87. The van der Waals surface area contributed by atoms with Gasteiger partial charge in [0, 0.05) is 23.5 Å². The summed E-state index contributed by atoms with van der Waals surface area (Å²) in [5.74, 6) is 0.00690. The number of carbonyl (C=O) groups is 2. The summed E-state index contributed by atoms with van der Waals surface area (Å²) in [5, 5.41) is 2.07. The van der Waals surface area contributed by atoms with Crippen molar-refractivity contribution >= 4 is 23.2 Å². The molecule has 1 aliphatic heterocycles. The molecule has 1 aromatic carbocycles. The van der Waals surface area contributed by atoms with Gasteiger partial charge in [-0.1, -0.05) is 0 Å². The molecule has 0 saturated heterocycles. The lowest BCUT2D eigenvalue weighted by Crippen LogP contribution is -2.35. The van der Waals surface area contributed by atoms with Crippen molar-refractivity contribution in [1.82, 2.24) is 4.90 Å². The molecule has 1 aliphatic rings. The molecule has 0 spiro atoms. The average Bonchev–Trinajstić information content (AvgIpc) is 3.00. The van der Waals surface area contributed by atoms with Gasteiger partial charge in [-0.05, 0) is 47.7 Å². The highest BCUT2D eigenvalue weighted by Gasteiger charge is 2.22. The van der Waals surface area contributed by atoms with Gasteiger partial charge >= 0.3 is 0 Å². The van der Waals surface area contributed by atoms with E-state index in [1.807, 2.05) is 4.90 Å². The molecule has 0 aliphatic carbocycles. The lowest BCUT2D eigenvalue weighted by molar-refractivity contribution is -0.119. The Balaban J connectivity index is 1.66. The van der Waals surface area contributed by atoms with Crippen molar-refractivity contribution in [1.29, 1.82) is 0 Å². The van der Waals surface area contributed by atoms with Crippen LogP contribution in [0.2, 0.25) is 0 Å². The summed E-state index contributed by atoms with van der Waals surface area (Å²) < 4.78 is 5.19. The van der Waals surface area contributed by atoms with Gasteiger partial charge in [-0.2, -0.15) is 0 Å². The molecule has 114 valence electrons. The van der Waals surface area contributed by atoms with Gasteiger partial charge in [0.1, 0.15) is 5.75 Å². The van der Waals surface area contributed by atoms with Gasteiger partial charge in [-0.25, -0.2) is 0 Å². The highest BCUT2D eigenvalue weighted by molar-refractivity contribution is 7.10. The van der Waals surface area contributed by atoms with Crippen LogP contribution in [0.3, 0.4) is 0 Å². The largest absolute Gasteiger partial charge is 0.484 e. The molecule has 5 nitrogen and oxygen atoms in total. The number of benzene rings is 1. The Morgan fingerprint density at radius 3 is 2.73 bits per heavy atom. The zero-order chi connectivity index (χ0) is 15.5. The number of primary amides is 1. The Kier molecular flexibility index (Phi) is 4.11. The zero-order valence-electron chi connectivity index (χ0n) is 12.0. The summed E-state index contributed by atoms with van der Waals surface area (Å²) in [5.41, 5.74) is 6.88. The minimum absolute atomic E-state index is 0.0123. The third-order valence-electron chi connectivity index (χ3n) is 3.58. The Bertz CT molecular complexity index is 694. The molecule has 2 amide bonds. The third-order valence-corrected chi connectivity index (χ3v) is 4.60. The minimum atomic E-state index is -0.528. The predicted octanol–water partition coefficient (Wildman–Crippen LogP) is 1.81. The summed E-state index contributed by atoms with van der Waals surface area (Å²) >= 11 is 1.75. The van der Waals surface area contributed by atoms with Crippen LogP contribution >= 0.6 is 11.3 Å². The van der Waals surface area contributed by atoms with E-state index in [-0.39, 0.29) is 12.5 Å². The Hall–Kier alpha value is -2.34. The van der Waals surface area contributed by atoms with Gasteiger partial charge in [0.25, 0.3) is 11.8 Å². The molecule has 0 atom stereocenters. The van der Waals surface area contributed by atoms with Crippen molar-refractivity contribution in [3.63, 3.8) is 0 Å². The normalized spacial score (nSPS) is 13.5. The molecule has 0 fully saturated rings. The monoisotopic (exact) mass is 316 g/mol. The SMILES string of the molecule is NC(=O)COc1ccc(C(=O)N2CCc3sccc3C2)cc1. The topological polar surface area (TPSA) is 72.6 Å². The Morgan fingerprint density at radius 1 is 1.23 bits per heavy atom. The van der Waals surface area contributed by atoms with E-state index >= 15 is 0 Å². The first-order chi connectivity index (χ1) is 10.6. The zero-order valence-corrected chi connectivity index (χ0v) is 12.8. The molecule has 2 N–H and O–H groups in total. The maximum atomic E-state index is 12.5. The predicted molar refractivity (Wildman–Crippen MR) is 83.9 cm³/mol. The average molecular weight is 316 g/mol. The number of thiophene rings is 1. The van der Waals surface area contributed by atoms with Gasteiger partial charge in [0.15, 0.2) is 6.61 Å². The van der Waals surface area contributed by atoms with Crippen LogP contribution in [0.15, 0.2) is 35.7 Å². The molecule has 2 aromatic rings. The van der Waals surface area contributed by atoms with Crippen molar-refractivity contribution in [3.05, 3.63) is 51.7 Å². The van der Waals surface area contributed by atoms with Crippen LogP contribution in [0, 0.1) is 0 Å².